The van der Waals surface area contributed by atoms with E-state index in [1.165, 1.54) is 24.3 Å². The molecule has 13 nitrogen and oxygen atoms in total. The standard InChI is InChI=1S/C44H52N4O9/c1-42(2,3)54-35-19-15-29(16-20-35)25-37-39-40(57-44(7,8)56-39)38(26-30-17-21-36(22-18-30)55-43(4,5)6)46(28-32-12-10-14-34(24-32)48(52)53)41(49)45(37)27-31-11-9-13-33(23-31)47(50)51/h9-24,37-40H,25-28H2,1-8H3/t37-,38-,39+,40+/m1/s1. The van der Waals surface area contributed by atoms with E-state index in [2.05, 4.69) is 0 Å². The normalized spacial score (nSPS) is 20.8. The molecule has 4 atom stereocenters. The summed E-state index contributed by atoms with van der Waals surface area (Å²) in [6.45, 7) is 15.6. The largest absolute Gasteiger partial charge is 0.488 e. The molecule has 13 heteroatoms. The Balaban J connectivity index is 1.48. The van der Waals surface area contributed by atoms with Crippen LogP contribution >= 0.6 is 0 Å². The zero-order chi connectivity index (χ0) is 41.3. The van der Waals surface area contributed by atoms with Crippen LogP contribution in [-0.2, 0) is 35.4 Å². The highest BCUT2D eigenvalue weighted by atomic mass is 16.8. The lowest BCUT2D eigenvalue weighted by Gasteiger charge is -2.37. The van der Waals surface area contributed by atoms with Gasteiger partial charge in [-0.2, -0.15) is 0 Å². The Kier molecular flexibility index (Phi) is 11.6. The molecule has 0 N–H and O–H groups in total. The monoisotopic (exact) mass is 780 g/mol. The average molecular weight is 781 g/mol. The first-order valence-corrected chi connectivity index (χ1v) is 19.2. The van der Waals surface area contributed by atoms with Crippen LogP contribution in [0.3, 0.4) is 0 Å². The van der Waals surface area contributed by atoms with E-state index in [9.17, 15) is 20.2 Å². The SMILES string of the molecule is CC(C)(C)Oc1ccc(C[C@@H]2[C@@H]3OC(C)(C)O[C@H]3[C@@H](Cc3ccc(OC(C)(C)C)cc3)N(Cc3cccc([N+](=O)[O-])c3)C(=O)N2Cc2cccc([N+](=O)[O-])c2)cc1. The molecule has 57 heavy (non-hydrogen) atoms. The van der Waals surface area contributed by atoms with Gasteiger partial charge in [-0.3, -0.25) is 20.2 Å². The van der Waals surface area contributed by atoms with Crippen molar-refractivity contribution in [2.24, 2.45) is 0 Å². The van der Waals surface area contributed by atoms with Gasteiger partial charge in [0.15, 0.2) is 5.79 Å². The van der Waals surface area contributed by atoms with Crippen molar-refractivity contribution in [3.63, 3.8) is 0 Å². The maximum atomic E-state index is 15.4. The lowest BCUT2D eigenvalue weighted by atomic mass is 9.90. The van der Waals surface area contributed by atoms with Gasteiger partial charge in [-0.05, 0) is 115 Å². The van der Waals surface area contributed by atoms with Crippen LogP contribution in [0.4, 0.5) is 16.2 Å². The van der Waals surface area contributed by atoms with Gasteiger partial charge in [-0.25, -0.2) is 4.79 Å². The van der Waals surface area contributed by atoms with Crippen molar-refractivity contribution in [3.8, 4) is 11.5 Å². The molecule has 2 heterocycles. The highest BCUT2D eigenvalue weighted by molar-refractivity contribution is 5.76. The number of amides is 2. The summed E-state index contributed by atoms with van der Waals surface area (Å²) in [5, 5.41) is 23.7. The maximum Gasteiger partial charge on any atom is 0.321 e. The van der Waals surface area contributed by atoms with Gasteiger partial charge in [-0.15, -0.1) is 0 Å². The van der Waals surface area contributed by atoms with E-state index in [0.717, 1.165) is 11.1 Å². The summed E-state index contributed by atoms with van der Waals surface area (Å²) in [6, 6.07) is 26.5. The maximum absolute atomic E-state index is 15.4. The second-order valence-corrected chi connectivity index (χ2v) is 17.2. The topological polar surface area (TPSA) is 147 Å². The fourth-order valence-electron chi connectivity index (χ4n) is 7.55. The minimum absolute atomic E-state index is 0.0282. The average Bonchev–Trinajstić information content (AvgIpc) is 3.42. The molecule has 0 unspecified atom stereocenters. The first-order valence-electron chi connectivity index (χ1n) is 19.2. The van der Waals surface area contributed by atoms with Crippen LogP contribution < -0.4 is 9.47 Å². The molecule has 2 aliphatic rings. The number of fused-ring (bicyclic) bond motifs is 1. The molecule has 4 aromatic carbocycles. The van der Waals surface area contributed by atoms with Crippen molar-refractivity contribution < 1.29 is 33.6 Å². The van der Waals surface area contributed by atoms with Crippen molar-refractivity contribution in [2.75, 3.05) is 0 Å². The van der Waals surface area contributed by atoms with Gasteiger partial charge in [-0.1, -0.05) is 48.5 Å². The van der Waals surface area contributed by atoms with E-state index in [1.54, 1.807) is 34.1 Å². The molecule has 0 aliphatic carbocycles. The van der Waals surface area contributed by atoms with Crippen LogP contribution in [0.5, 0.6) is 11.5 Å². The zero-order valence-electron chi connectivity index (χ0n) is 33.8. The third kappa shape index (κ3) is 10.5. The fraction of sp³-hybridized carbons (Fsp3) is 0.432. The molecule has 6 rings (SSSR count). The Labute approximate surface area is 333 Å². The van der Waals surface area contributed by atoms with E-state index in [4.69, 9.17) is 18.9 Å². The summed E-state index contributed by atoms with van der Waals surface area (Å²) in [5.74, 6) is 0.381. The van der Waals surface area contributed by atoms with E-state index in [0.29, 0.717) is 35.5 Å². The Morgan fingerprint density at radius 3 is 1.32 bits per heavy atom. The number of nitrogens with zero attached hydrogens (tertiary/aromatic N) is 4. The van der Waals surface area contributed by atoms with Gasteiger partial charge in [0.25, 0.3) is 11.4 Å². The lowest BCUT2D eigenvalue weighted by Crippen LogP contribution is -2.51. The van der Waals surface area contributed by atoms with Gasteiger partial charge in [0.05, 0.1) is 21.9 Å². The van der Waals surface area contributed by atoms with Crippen molar-refractivity contribution in [2.45, 2.75) is 123 Å². The number of non-ortho nitro benzene ring substituents is 2. The van der Waals surface area contributed by atoms with E-state index in [1.807, 2.05) is 104 Å². The zero-order valence-corrected chi connectivity index (χ0v) is 33.8. The van der Waals surface area contributed by atoms with Gasteiger partial charge in [0, 0.05) is 37.4 Å². The molecular formula is C44H52N4O9. The molecule has 0 spiro atoms. The van der Waals surface area contributed by atoms with Crippen molar-refractivity contribution in [1.29, 1.82) is 0 Å². The van der Waals surface area contributed by atoms with Gasteiger partial charge in [0.2, 0.25) is 0 Å². The Morgan fingerprint density at radius 1 is 0.614 bits per heavy atom. The van der Waals surface area contributed by atoms with Crippen LogP contribution in [-0.4, -0.2) is 67.0 Å². The van der Waals surface area contributed by atoms with Crippen LogP contribution in [0.2, 0.25) is 0 Å². The summed E-state index contributed by atoms with van der Waals surface area (Å²) in [4.78, 5) is 41.7. The number of urea groups is 1. The number of carbonyl (C=O) groups is 1. The first-order chi connectivity index (χ1) is 26.7. The molecule has 0 radical (unpaired) electrons. The lowest BCUT2D eigenvalue weighted by molar-refractivity contribution is -0.385. The number of nitro groups is 2. The molecule has 0 saturated carbocycles. The van der Waals surface area contributed by atoms with Gasteiger partial charge < -0.3 is 28.7 Å². The molecule has 4 aromatic rings. The van der Waals surface area contributed by atoms with Gasteiger partial charge >= 0.3 is 6.03 Å². The first kappa shape index (κ1) is 41.1. The quantitative estimate of drug-likeness (QED) is 0.101. The molecule has 2 aliphatic heterocycles. The molecular weight excluding hydrogens is 729 g/mol. The fourth-order valence-corrected chi connectivity index (χ4v) is 7.55. The van der Waals surface area contributed by atoms with Crippen LogP contribution in [0.1, 0.15) is 77.6 Å². The van der Waals surface area contributed by atoms with Crippen molar-refractivity contribution in [3.05, 3.63) is 140 Å². The Hall–Kier alpha value is -5.53. The highest BCUT2D eigenvalue weighted by Gasteiger charge is 2.55. The Morgan fingerprint density at radius 2 is 0.982 bits per heavy atom. The smallest absolute Gasteiger partial charge is 0.321 e. The van der Waals surface area contributed by atoms with Crippen molar-refractivity contribution in [1.82, 2.24) is 9.80 Å². The number of carbonyl (C=O) groups excluding carboxylic acids is 1. The molecule has 302 valence electrons. The van der Waals surface area contributed by atoms with Gasteiger partial charge in [0.1, 0.15) is 34.9 Å². The molecule has 2 amide bonds. The van der Waals surface area contributed by atoms with E-state index < -0.39 is 51.1 Å². The molecule has 0 aromatic heterocycles. The summed E-state index contributed by atoms with van der Waals surface area (Å²) < 4.78 is 25.8. The summed E-state index contributed by atoms with van der Waals surface area (Å²) in [6.07, 6.45) is -0.547. The third-order valence-corrected chi connectivity index (χ3v) is 9.75. The minimum Gasteiger partial charge on any atom is -0.488 e. The minimum atomic E-state index is -1.03. The number of rotatable bonds is 12. The van der Waals surface area contributed by atoms with E-state index in [-0.39, 0.29) is 30.5 Å². The molecule has 2 fully saturated rings. The Bertz CT molecular complexity index is 1930. The van der Waals surface area contributed by atoms with E-state index >= 15 is 4.79 Å². The number of benzene rings is 4. The van der Waals surface area contributed by atoms with Crippen LogP contribution in [0, 0.1) is 20.2 Å². The van der Waals surface area contributed by atoms with Crippen LogP contribution in [0.25, 0.3) is 0 Å². The number of hydrogen-bond acceptors (Lipinski definition) is 9. The molecule has 0 bridgehead atoms. The second-order valence-electron chi connectivity index (χ2n) is 17.2. The van der Waals surface area contributed by atoms with Crippen LogP contribution in [0.15, 0.2) is 97.1 Å². The predicted molar refractivity (Wildman–Crippen MR) is 215 cm³/mol. The number of hydrogen-bond donors (Lipinski definition) is 0. The number of ether oxygens (including phenoxy) is 4. The second kappa shape index (κ2) is 16.1. The number of nitro benzene ring substituents is 2. The highest BCUT2D eigenvalue weighted by Crippen LogP contribution is 2.41. The summed E-state index contributed by atoms with van der Waals surface area (Å²) in [5.41, 5.74) is 2.00. The molecule has 2 saturated heterocycles. The summed E-state index contributed by atoms with van der Waals surface area (Å²) >= 11 is 0. The predicted octanol–water partition coefficient (Wildman–Crippen LogP) is 9.04. The van der Waals surface area contributed by atoms with Crippen molar-refractivity contribution >= 4 is 17.4 Å². The summed E-state index contributed by atoms with van der Waals surface area (Å²) in [7, 11) is 0. The third-order valence-electron chi connectivity index (χ3n) is 9.75.